The van der Waals surface area contributed by atoms with E-state index >= 15 is 0 Å². The zero-order valence-electron chi connectivity index (χ0n) is 30.0. The largest absolute Gasteiger partial charge is 0.0622 e. The Bertz CT molecular complexity index is 2710. The Labute approximate surface area is 311 Å². The fraction of sp³-hybridized carbons (Fsp3) is 0.0566. The Kier molecular flexibility index (Phi) is 7.27. The Morgan fingerprint density at radius 2 is 0.642 bits per heavy atom. The highest BCUT2D eigenvalue weighted by atomic mass is 14.4. The van der Waals surface area contributed by atoms with Gasteiger partial charge in [-0.3, -0.25) is 0 Å². The standard InChI is InChI=1S/C53H38/c1-53(2)49-24-14-13-19-43(49)44-30-29-39(34-50(44)53)52-47-22-11-9-20-45(47)51(46-21-10-12-23-48(46)52)38-27-25-37(26-28-38)42-32-40(35-15-5-3-6-16-35)31-41(33-42)36-17-7-4-8-18-36/h3-34H,1-2H3. The quantitative estimate of drug-likeness (QED) is 0.159. The fourth-order valence-corrected chi connectivity index (χ4v) is 8.83. The molecule has 9 aromatic carbocycles. The summed E-state index contributed by atoms with van der Waals surface area (Å²) in [6.07, 6.45) is 0. The van der Waals surface area contributed by atoms with Crippen molar-refractivity contribution in [3.05, 3.63) is 205 Å². The summed E-state index contributed by atoms with van der Waals surface area (Å²) in [5.41, 5.74) is 17.8. The molecule has 0 aliphatic heterocycles. The zero-order valence-corrected chi connectivity index (χ0v) is 30.0. The summed E-state index contributed by atoms with van der Waals surface area (Å²) >= 11 is 0. The van der Waals surface area contributed by atoms with Crippen molar-refractivity contribution in [2.75, 3.05) is 0 Å². The molecule has 0 heterocycles. The second-order valence-electron chi connectivity index (χ2n) is 14.9. The molecule has 0 aromatic heterocycles. The zero-order chi connectivity index (χ0) is 35.5. The molecule has 53 heavy (non-hydrogen) atoms. The number of benzene rings is 9. The van der Waals surface area contributed by atoms with Crippen molar-refractivity contribution in [3.8, 4) is 66.8 Å². The van der Waals surface area contributed by atoms with E-state index in [2.05, 4.69) is 208 Å². The third kappa shape index (κ3) is 5.13. The van der Waals surface area contributed by atoms with Gasteiger partial charge in [0, 0.05) is 5.41 Å². The van der Waals surface area contributed by atoms with E-state index < -0.39 is 0 Å². The number of fused-ring (bicyclic) bond motifs is 5. The van der Waals surface area contributed by atoms with Gasteiger partial charge in [0.05, 0.1) is 0 Å². The van der Waals surface area contributed by atoms with Gasteiger partial charge in [-0.25, -0.2) is 0 Å². The molecule has 1 aliphatic rings. The van der Waals surface area contributed by atoms with Gasteiger partial charge in [-0.05, 0) is 124 Å². The fourth-order valence-electron chi connectivity index (χ4n) is 8.83. The minimum atomic E-state index is -0.0578. The third-order valence-corrected chi connectivity index (χ3v) is 11.5. The van der Waals surface area contributed by atoms with E-state index in [9.17, 15) is 0 Å². The second-order valence-corrected chi connectivity index (χ2v) is 14.9. The maximum Gasteiger partial charge on any atom is 0.0159 e. The van der Waals surface area contributed by atoms with Crippen LogP contribution in [0.4, 0.5) is 0 Å². The minimum Gasteiger partial charge on any atom is -0.0622 e. The average molecular weight is 675 g/mol. The summed E-state index contributed by atoms with van der Waals surface area (Å²) in [6, 6.07) is 71.6. The number of hydrogen-bond acceptors (Lipinski definition) is 0. The summed E-state index contributed by atoms with van der Waals surface area (Å²) in [5, 5.41) is 5.10. The van der Waals surface area contributed by atoms with Crippen LogP contribution in [0.5, 0.6) is 0 Å². The first-order chi connectivity index (χ1) is 26.0. The van der Waals surface area contributed by atoms with Crippen molar-refractivity contribution in [3.63, 3.8) is 0 Å². The van der Waals surface area contributed by atoms with Crippen LogP contribution in [-0.4, -0.2) is 0 Å². The lowest BCUT2D eigenvalue weighted by Crippen LogP contribution is -2.14. The van der Waals surface area contributed by atoms with Crippen molar-refractivity contribution in [1.29, 1.82) is 0 Å². The maximum absolute atomic E-state index is 2.46. The molecule has 9 aromatic rings. The summed E-state index contributed by atoms with van der Waals surface area (Å²) in [7, 11) is 0. The van der Waals surface area contributed by atoms with Crippen LogP contribution in [0, 0.1) is 0 Å². The van der Waals surface area contributed by atoms with Crippen LogP contribution >= 0.6 is 0 Å². The molecule has 0 bridgehead atoms. The SMILES string of the molecule is CC1(C)c2ccccc2-c2ccc(-c3c4ccccc4c(-c4ccc(-c5cc(-c6ccccc6)cc(-c6ccccc6)c5)cc4)c4ccccc34)cc21. The van der Waals surface area contributed by atoms with Gasteiger partial charge in [0.15, 0.2) is 0 Å². The molecule has 1 aliphatic carbocycles. The molecule has 10 rings (SSSR count). The second kappa shape index (κ2) is 12.3. The molecular formula is C53H38. The average Bonchev–Trinajstić information content (AvgIpc) is 3.45. The molecule has 0 radical (unpaired) electrons. The van der Waals surface area contributed by atoms with Crippen molar-refractivity contribution >= 4 is 21.5 Å². The van der Waals surface area contributed by atoms with E-state index in [4.69, 9.17) is 0 Å². The molecule has 250 valence electrons. The lowest BCUT2D eigenvalue weighted by molar-refractivity contribution is 0.660. The molecule has 0 saturated heterocycles. The van der Waals surface area contributed by atoms with Gasteiger partial charge in [0.1, 0.15) is 0 Å². The first kappa shape index (κ1) is 31.3. The van der Waals surface area contributed by atoms with Gasteiger partial charge < -0.3 is 0 Å². The molecule has 0 amide bonds. The molecular weight excluding hydrogens is 637 g/mol. The van der Waals surface area contributed by atoms with Gasteiger partial charge in [-0.1, -0.05) is 184 Å². The highest BCUT2D eigenvalue weighted by molar-refractivity contribution is 6.21. The number of hydrogen-bond donors (Lipinski definition) is 0. The minimum absolute atomic E-state index is 0.0578. The Morgan fingerprint density at radius 3 is 1.17 bits per heavy atom. The van der Waals surface area contributed by atoms with E-state index in [1.807, 2.05) is 0 Å². The molecule has 0 fully saturated rings. The topological polar surface area (TPSA) is 0 Å². The van der Waals surface area contributed by atoms with Crippen LogP contribution in [0.1, 0.15) is 25.0 Å². The van der Waals surface area contributed by atoms with Crippen molar-refractivity contribution in [2.24, 2.45) is 0 Å². The van der Waals surface area contributed by atoms with Crippen LogP contribution < -0.4 is 0 Å². The molecule has 0 heteroatoms. The van der Waals surface area contributed by atoms with Gasteiger partial charge in [0.25, 0.3) is 0 Å². The lowest BCUT2D eigenvalue weighted by atomic mass is 9.80. The van der Waals surface area contributed by atoms with Gasteiger partial charge in [-0.15, -0.1) is 0 Å². The van der Waals surface area contributed by atoms with E-state index in [1.54, 1.807) is 0 Å². The Balaban J connectivity index is 1.12. The Morgan fingerprint density at radius 1 is 0.264 bits per heavy atom. The highest BCUT2D eigenvalue weighted by Gasteiger charge is 2.35. The predicted octanol–water partition coefficient (Wildman–Crippen LogP) is 14.6. The first-order valence-corrected chi connectivity index (χ1v) is 18.6. The number of rotatable bonds is 5. The molecule has 0 saturated carbocycles. The molecule has 0 nitrogen and oxygen atoms in total. The van der Waals surface area contributed by atoms with Crippen LogP contribution in [0.25, 0.3) is 88.3 Å². The lowest BCUT2D eigenvalue weighted by Gasteiger charge is -2.23. The maximum atomic E-state index is 2.46. The summed E-state index contributed by atoms with van der Waals surface area (Å²) in [6.45, 7) is 4.73. The van der Waals surface area contributed by atoms with Crippen LogP contribution in [-0.2, 0) is 5.41 Å². The normalized spacial score (nSPS) is 12.9. The molecule has 0 unspecified atom stereocenters. The van der Waals surface area contributed by atoms with Crippen LogP contribution in [0.2, 0.25) is 0 Å². The van der Waals surface area contributed by atoms with E-state index in [1.165, 1.54) is 99.4 Å². The summed E-state index contributed by atoms with van der Waals surface area (Å²) < 4.78 is 0. The van der Waals surface area contributed by atoms with Gasteiger partial charge >= 0.3 is 0 Å². The summed E-state index contributed by atoms with van der Waals surface area (Å²) in [5.74, 6) is 0. The smallest absolute Gasteiger partial charge is 0.0159 e. The molecule has 0 atom stereocenters. The van der Waals surface area contributed by atoms with Gasteiger partial charge in [-0.2, -0.15) is 0 Å². The Hall–Kier alpha value is -6.50. The van der Waals surface area contributed by atoms with Crippen molar-refractivity contribution < 1.29 is 0 Å². The van der Waals surface area contributed by atoms with Crippen molar-refractivity contribution in [1.82, 2.24) is 0 Å². The van der Waals surface area contributed by atoms with E-state index in [-0.39, 0.29) is 5.41 Å². The van der Waals surface area contributed by atoms with E-state index in [0.717, 1.165) is 0 Å². The van der Waals surface area contributed by atoms with Crippen LogP contribution in [0.15, 0.2) is 194 Å². The summed E-state index contributed by atoms with van der Waals surface area (Å²) in [4.78, 5) is 0. The monoisotopic (exact) mass is 674 g/mol. The van der Waals surface area contributed by atoms with Gasteiger partial charge in [0.2, 0.25) is 0 Å². The molecule has 0 spiro atoms. The van der Waals surface area contributed by atoms with Crippen LogP contribution in [0.3, 0.4) is 0 Å². The van der Waals surface area contributed by atoms with E-state index in [0.29, 0.717) is 0 Å². The third-order valence-electron chi connectivity index (χ3n) is 11.5. The highest BCUT2D eigenvalue weighted by Crippen LogP contribution is 2.51. The first-order valence-electron chi connectivity index (χ1n) is 18.6. The molecule has 0 N–H and O–H groups in total. The van der Waals surface area contributed by atoms with Crippen molar-refractivity contribution in [2.45, 2.75) is 19.3 Å². The predicted molar refractivity (Wildman–Crippen MR) is 226 cm³/mol.